The quantitative estimate of drug-likeness (QED) is 0.714. The number of hydrogen-bond acceptors (Lipinski definition) is 2. The lowest BCUT2D eigenvalue weighted by molar-refractivity contribution is -0.270. The maximum absolute atomic E-state index is 12.4. The highest BCUT2D eigenvalue weighted by Crippen LogP contribution is 2.35. The molecule has 15 heavy (non-hydrogen) atoms. The number of hydrogen-bond donors (Lipinski definition) is 2. The summed E-state index contributed by atoms with van der Waals surface area (Å²) in [5, 5.41) is 1.54. The minimum Gasteiger partial charge on any atom is -0.348 e. The van der Waals surface area contributed by atoms with Crippen LogP contribution in [0.4, 0.5) is 22.0 Å². The lowest BCUT2D eigenvalue weighted by Crippen LogP contribution is -2.52. The van der Waals surface area contributed by atoms with Crippen LogP contribution in [0.5, 0.6) is 0 Å². The van der Waals surface area contributed by atoms with Crippen molar-refractivity contribution < 1.29 is 26.7 Å². The number of halogens is 5. The van der Waals surface area contributed by atoms with Gasteiger partial charge in [0.2, 0.25) is 0 Å². The Balaban J connectivity index is 4.45. The molecule has 8 heteroatoms. The Morgan fingerprint density at radius 2 is 1.80 bits per heavy atom. The van der Waals surface area contributed by atoms with E-state index in [-0.39, 0.29) is 13.0 Å². The SMILES string of the molecule is CC(CCN)NC(=O)C(F)(F)C(F)(F)F. The zero-order chi connectivity index (χ0) is 12.3. The summed E-state index contributed by atoms with van der Waals surface area (Å²) in [5.41, 5.74) is 5.04. The molecule has 1 amide bonds. The van der Waals surface area contributed by atoms with Crippen LogP contribution in [0.15, 0.2) is 0 Å². The molecule has 3 nitrogen and oxygen atoms in total. The molecule has 0 saturated carbocycles. The van der Waals surface area contributed by atoms with Crippen molar-refractivity contribution in [3.8, 4) is 0 Å². The fourth-order valence-electron chi connectivity index (χ4n) is 0.765. The summed E-state index contributed by atoms with van der Waals surface area (Å²) in [4.78, 5) is 10.6. The molecule has 0 radical (unpaired) electrons. The average molecular weight is 234 g/mol. The maximum Gasteiger partial charge on any atom is 0.463 e. The Kier molecular flexibility index (Phi) is 4.44. The van der Waals surface area contributed by atoms with Crippen molar-refractivity contribution in [2.45, 2.75) is 31.5 Å². The minimum atomic E-state index is -5.88. The highest BCUT2D eigenvalue weighted by molar-refractivity contribution is 5.84. The van der Waals surface area contributed by atoms with Crippen LogP contribution in [-0.4, -0.2) is 30.6 Å². The van der Waals surface area contributed by atoms with Crippen LogP contribution in [0.3, 0.4) is 0 Å². The molecule has 0 aliphatic carbocycles. The van der Waals surface area contributed by atoms with Gasteiger partial charge in [-0.05, 0) is 19.9 Å². The molecular formula is C7H11F5N2O. The summed E-state index contributed by atoms with van der Waals surface area (Å²) >= 11 is 0. The van der Waals surface area contributed by atoms with Gasteiger partial charge in [-0.15, -0.1) is 0 Å². The first kappa shape index (κ1) is 14.1. The van der Waals surface area contributed by atoms with Gasteiger partial charge in [0.1, 0.15) is 0 Å². The van der Waals surface area contributed by atoms with Crippen LogP contribution in [0.25, 0.3) is 0 Å². The van der Waals surface area contributed by atoms with Gasteiger partial charge in [0, 0.05) is 6.04 Å². The molecule has 0 bridgehead atoms. The average Bonchev–Trinajstić information content (AvgIpc) is 2.02. The normalized spacial score (nSPS) is 14.9. The number of rotatable bonds is 4. The fraction of sp³-hybridized carbons (Fsp3) is 0.857. The summed E-state index contributed by atoms with van der Waals surface area (Å²) < 4.78 is 59.8. The van der Waals surface area contributed by atoms with E-state index in [2.05, 4.69) is 0 Å². The molecule has 0 aromatic heterocycles. The van der Waals surface area contributed by atoms with Crippen molar-refractivity contribution in [3.63, 3.8) is 0 Å². The lowest BCUT2D eigenvalue weighted by atomic mass is 10.2. The van der Waals surface area contributed by atoms with Crippen LogP contribution in [-0.2, 0) is 4.79 Å². The number of amides is 1. The molecule has 0 heterocycles. The number of carbonyl (C=O) groups excluding carboxylic acids is 1. The van der Waals surface area contributed by atoms with E-state index < -0.39 is 24.0 Å². The van der Waals surface area contributed by atoms with Crippen LogP contribution >= 0.6 is 0 Å². The van der Waals surface area contributed by atoms with Crippen LogP contribution in [0.1, 0.15) is 13.3 Å². The number of alkyl halides is 5. The third-order valence-electron chi connectivity index (χ3n) is 1.62. The van der Waals surface area contributed by atoms with Crippen molar-refractivity contribution in [1.82, 2.24) is 5.32 Å². The molecule has 0 fully saturated rings. The Hall–Kier alpha value is -0.920. The van der Waals surface area contributed by atoms with E-state index >= 15 is 0 Å². The van der Waals surface area contributed by atoms with Gasteiger partial charge in [0.05, 0.1) is 0 Å². The number of nitrogens with two attached hydrogens (primary N) is 1. The molecule has 0 spiro atoms. The maximum atomic E-state index is 12.4. The van der Waals surface area contributed by atoms with Gasteiger partial charge in [-0.25, -0.2) is 0 Å². The van der Waals surface area contributed by atoms with Gasteiger partial charge in [-0.1, -0.05) is 0 Å². The molecule has 0 saturated heterocycles. The Morgan fingerprint density at radius 1 is 1.33 bits per heavy atom. The molecule has 1 unspecified atom stereocenters. The molecule has 0 rings (SSSR count). The number of carbonyl (C=O) groups is 1. The zero-order valence-corrected chi connectivity index (χ0v) is 7.87. The first-order chi connectivity index (χ1) is 6.63. The van der Waals surface area contributed by atoms with Gasteiger partial charge >= 0.3 is 18.0 Å². The minimum absolute atomic E-state index is 0.0824. The molecular weight excluding hydrogens is 223 g/mol. The van der Waals surface area contributed by atoms with Crippen molar-refractivity contribution >= 4 is 5.91 Å². The fourth-order valence-corrected chi connectivity index (χ4v) is 0.765. The Labute approximate surface area is 82.8 Å². The molecule has 1 atom stereocenters. The Bertz CT molecular complexity index is 228. The van der Waals surface area contributed by atoms with Crippen molar-refractivity contribution in [2.24, 2.45) is 5.73 Å². The van der Waals surface area contributed by atoms with E-state index in [4.69, 9.17) is 5.73 Å². The van der Waals surface area contributed by atoms with Crippen molar-refractivity contribution in [2.75, 3.05) is 6.54 Å². The molecule has 0 aliphatic rings. The topological polar surface area (TPSA) is 55.1 Å². The van der Waals surface area contributed by atoms with E-state index in [0.717, 1.165) is 0 Å². The summed E-state index contributed by atoms with van der Waals surface area (Å²) in [7, 11) is 0. The number of nitrogens with one attached hydrogen (secondary N) is 1. The van der Waals surface area contributed by atoms with E-state index in [1.807, 2.05) is 0 Å². The van der Waals surface area contributed by atoms with E-state index in [0.29, 0.717) is 0 Å². The predicted octanol–water partition coefficient (Wildman–Crippen LogP) is 1.04. The molecule has 0 aromatic carbocycles. The van der Waals surface area contributed by atoms with Crippen LogP contribution in [0.2, 0.25) is 0 Å². The first-order valence-corrected chi connectivity index (χ1v) is 4.08. The standard InChI is InChI=1S/C7H11F5N2O/c1-4(2-3-13)14-5(15)6(8,9)7(10,11)12/h4H,2-3,13H2,1H3,(H,14,15). The second-order valence-corrected chi connectivity index (χ2v) is 3.02. The third kappa shape index (κ3) is 3.61. The predicted molar refractivity (Wildman–Crippen MR) is 42.3 cm³/mol. The third-order valence-corrected chi connectivity index (χ3v) is 1.62. The highest BCUT2D eigenvalue weighted by Gasteiger charge is 2.63. The Morgan fingerprint density at radius 3 is 2.13 bits per heavy atom. The van der Waals surface area contributed by atoms with E-state index in [1.54, 1.807) is 0 Å². The first-order valence-electron chi connectivity index (χ1n) is 4.08. The summed E-state index contributed by atoms with van der Waals surface area (Å²) in [6.45, 7) is 1.37. The van der Waals surface area contributed by atoms with Gasteiger partial charge in [0.15, 0.2) is 0 Å². The molecule has 90 valence electrons. The molecule has 0 aliphatic heterocycles. The van der Waals surface area contributed by atoms with Gasteiger partial charge in [-0.2, -0.15) is 22.0 Å². The van der Waals surface area contributed by atoms with Crippen LogP contribution in [0, 0.1) is 0 Å². The second-order valence-electron chi connectivity index (χ2n) is 3.02. The summed E-state index contributed by atoms with van der Waals surface area (Å²) in [6.07, 6.45) is -5.75. The highest BCUT2D eigenvalue weighted by atomic mass is 19.4. The second kappa shape index (κ2) is 4.73. The molecule has 3 N–H and O–H groups in total. The van der Waals surface area contributed by atoms with Gasteiger partial charge in [-0.3, -0.25) is 4.79 Å². The van der Waals surface area contributed by atoms with Gasteiger partial charge < -0.3 is 11.1 Å². The summed E-state index contributed by atoms with van der Waals surface area (Å²) in [5.74, 6) is -7.72. The van der Waals surface area contributed by atoms with Crippen molar-refractivity contribution in [1.29, 1.82) is 0 Å². The van der Waals surface area contributed by atoms with Gasteiger partial charge in [0.25, 0.3) is 0 Å². The van der Waals surface area contributed by atoms with Crippen LogP contribution < -0.4 is 11.1 Å². The van der Waals surface area contributed by atoms with E-state index in [1.165, 1.54) is 12.2 Å². The largest absolute Gasteiger partial charge is 0.463 e. The smallest absolute Gasteiger partial charge is 0.348 e. The van der Waals surface area contributed by atoms with Crippen molar-refractivity contribution in [3.05, 3.63) is 0 Å². The zero-order valence-electron chi connectivity index (χ0n) is 7.87. The monoisotopic (exact) mass is 234 g/mol. The lowest BCUT2D eigenvalue weighted by Gasteiger charge is -2.21. The summed E-state index contributed by atoms with van der Waals surface area (Å²) in [6, 6.07) is -0.823. The molecule has 0 aromatic rings. The van der Waals surface area contributed by atoms with E-state index in [9.17, 15) is 26.7 Å².